The van der Waals surface area contributed by atoms with Gasteiger partial charge in [-0.1, -0.05) is 11.6 Å². The van der Waals surface area contributed by atoms with Crippen molar-refractivity contribution in [1.29, 1.82) is 0 Å². The van der Waals surface area contributed by atoms with E-state index in [-0.39, 0.29) is 30.7 Å². The maximum atomic E-state index is 12.8. The Morgan fingerprint density at radius 2 is 1.90 bits per heavy atom. The topological polar surface area (TPSA) is 92.1 Å². The van der Waals surface area contributed by atoms with Crippen LogP contribution in [0.25, 0.3) is 0 Å². The molecule has 0 radical (unpaired) electrons. The van der Waals surface area contributed by atoms with Crippen molar-refractivity contribution in [2.24, 2.45) is 0 Å². The lowest BCUT2D eigenvalue weighted by Crippen LogP contribution is -2.49. The zero-order valence-corrected chi connectivity index (χ0v) is 19.8. The van der Waals surface area contributed by atoms with Crippen LogP contribution in [0.4, 0.5) is 5.82 Å². The summed E-state index contributed by atoms with van der Waals surface area (Å²) in [5.74, 6) is 0.925. The molecule has 0 saturated carbocycles. The molecular formula is C20H32Cl2N8O. The Bertz CT molecular complexity index is 847. The van der Waals surface area contributed by atoms with Crippen LogP contribution in [0, 0.1) is 13.8 Å². The Hall–Kier alpha value is -1.97. The standard InChI is InChI=1S/C20H30N8O.2ClH/c1-15-16(2)22-14-23-19(15)26-9-11-27(12-10-26)20(29)18-13-28(25-24-18)8-6-17-5-3-4-7-21-17;;/h13-14,17,21H,3-12H2,1-2H3;2*1H. The number of aromatic nitrogens is 5. The van der Waals surface area contributed by atoms with E-state index in [9.17, 15) is 4.79 Å². The Morgan fingerprint density at radius 1 is 1.13 bits per heavy atom. The number of halogens is 2. The molecule has 1 unspecified atom stereocenters. The smallest absolute Gasteiger partial charge is 0.276 e. The quantitative estimate of drug-likeness (QED) is 0.714. The number of rotatable bonds is 5. The van der Waals surface area contributed by atoms with E-state index in [0.717, 1.165) is 49.7 Å². The maximum absolute atomic E-state index is 12.8. The van der Waals surface area contributed by atoms with Crippen LogP contribution in [0.3, 0.4) is 0 Å². The van der Waals surface area contributed by atoms with E-state index < -0.39 is 0 Å². The Balaban J connectivity index is 0.00000171. The molecule has 0 spiro atoms. The highest BCUT2D eigenvalue weighted by molar-refractivity contribution is 5.92. The molecular weight excluding hydrogens is 439 g/mol. The molecule has 1 amide bonds. The van der Waals surface area contributed by atoms with Gasteiger partial charge < -0.3 is 15.1 Å². The molecule has 0 aromatic carbocycles. The Labute approximate surface area is 195 Å². The normalized spacial score (nSPS) is 18.8. The van der Waals surface area contributed by atoms with Gasteiger partial charge in [0, 0.05) is 50.0 Å². The van der Waals surface area contributed by atoms with Crippen LogP contribution >= 0.6 is 24.8 Å². The van der Waals surface area contributed by atoms with Gasteiger partial charge in [0.05, 0.1) is 6.20 Å². The third-order valence-corrected chi connectivity index (χ3v) is 6.05. The lowest BCUT2D eigenvalue weighted by Gasteiger charge is -2.35. The van der Waals surface area contributed by atoms with Gasteiger partial charge in [-0.3, -0.25) is 9.48 Å². The molecule has 31 heavy (non-hydrogen) atoms. The van der Waals surface area contributed by atoms with Crippen LogP contribution in [0.5, 0.6) is 0 Å². The Kier molecular flexibility index (Phi) is 9.46. The van der Waals surface area contributed by atoms with Gasteiger partial charge in [0.1, 0.15) is 12.1 Å². The average molecular weight is 471 g/mol. The fraction of sp³-hybridized carbons (Fsp3) is 0.650. The number of piperazine rings is 1. The predicted octanol–water partition coefficient (Wildman–Crippen LogP) is 2.02. The summed E-state index contributed by atoms with van der Waals surface area (Å²) < 4.78 is 1.80. The van der Waals surface area contributed by atoms with E-state index in [1.165, 1.54) is 19.3 Å². The lowest BCUT2D eigenvalue weighted by molar-refractivity contribution is 0.0740. The van der Waals surface area contributed by atoms with Crippen molar-refractivity contribution in [2.45, 2.75) is 52.1 Å². The molecule has 0 bridgehead atoms. The average Bonchev–Trinajstić information content (AvgIpc) is 3.24. The molecule has 2 aromatic heterocycles. The first-order chi connectivity index (χ1) is 14.1. The van der Waals surface area contributed by atoms with Crippen molar-refractivity contribution in [3.63, 3.8) is 0 Å². The third kappa shape index (κ3) is 6.05. The number of aryl methyl sites for hydroxylation is 2. The summed E-state index contributed by atoms with van der Waals surface area (Å²) in [5.41, 5.74) is 2.53. The van der Waals surface area contributed by atoms with Crippen molar-refractivity contribution < 1.29 is 4.79 Å². The van der Waals surface area contributed by atoms with Gasteiger partial charge in [-0.25, -0.2) is 9.97 Å². The molecule has 9 nitrogen and oxygen atoms in total. The van der Waals surface area contributed by atoms with Crippen LogP contribution < -0.4 is 10.2 Å². The van der Waals surface area contributed by atoms with Crippen LogP contribution in [0.2, 0.25) is 0 Å². The van der Waals surface area contributed by atoms with Gasteiger partial charge >= 0.3 is 0 Å². The monoisotopic (exact) mass is 470 g/mol. The number of hydrogen-bond acceptors (Lipinski definition) is 7. The second-order valence-electron chi connectivity index (χ2n) is 7.99. The molecule has 1 atom stereocenters. The Morgan fingerprint density at radius 3 is 2.61 bits per heavy atom. The number of nitrogens with zero attached hydrogens (tertiary/aromatic N) is 7. The minimum atomic E-state index is -0.0396. The number of hydrogen-bond donors (Lipinski definition) is 1. The van der Waals surface area contributed by atoms with Crippen molar-refractivity contribution in [3.05, 3.63) is 29.5 Å². The summed E-state index contributed by atoms with van der Waals surface area (Å²) in [5, 5.41) is 11.8. The van der Waals surface area contributed by atoms with Crippen LogP contribution in [0.1, 0.15) is 47.4 Å². The molecule has 2 saturated heterocycles. The summed E-state index contributed by atoms with van der Waals surface area (Å²) in [7, 11) is 0. The highest BCUT2D eigenvalue weighted by atomic mass is 35.5. The van der Waals surface area contributed by atoms with Gasteiger partial charge in [-0.05, 0) is 39.7 Å². The molecule has 11 heteroatoms. The summed E-state index contributed by atoms with van der Waals surface area (Å²) in [6.45, 7) is 8.75. The van der Waals surface area contributed by atoms with Gasteiger partial charge in [0.15, 0.2) is 5.69 Å². The van der Waals surface area contributed by atoms with Gasteiger partial charge in [0.25, 0.3) is 5.91 Å². The van der Waals surface area contributed by atoms with E-state index in [2.05, 4.69) is 30.5 Å². The molecule has 172 valence electrons. The van der Waals surface area contributed by atoms with Crippen molar-refractivity contribution in [1.82, 2.24) is 35.2 Å². The van der Waals surface area contributed by atoms with E-state index in [4.69, 9.17) is 0 Å². The summed E-state index contributed by atoms with van der Waals surface area (Å²) in [4.78, 5) is 25.6. The van der Waals surface area contributed by atoms with Crippen molar-refractivity contribution in [2.75, 3.05) is 37.6 Å². The van der Waals surface area contributed by atoms with E-state index >= 15 is 0 Å². The van der Waals surface area contributed by atoms with Gasteiger partial charge in [-0.15, -0.1) is 29.9 Å². The first-order valence-corrected chi connectivity index (χ1v) is 10.6. The molecule has 1 N–H and O–H groups in total. The fourth-order valence-corrected chi connectivity index (χ4v) is 4.09. The molecule has 2 fully saturated rings. The van der Waals surface area contributed by atoms with Crippen LogP contribution in [-0.2, 0) is 6.54 Å². The first kappa shape index (κ1) is 25.3. The van der Waals surface area contributed by atoms with E-state index in [1.54, 1.807) is 17.2 Å². The second-order valence-corrected chi connectivity index (χ2v) is 7.99. The number of piperidine rings is 1. The highest BCUT2D eigenvalue weighted by Crippen LogP contribution is 2.20. The molecule has 2 aromatic rings. The summed E-state index contributed by atoms with van der Waals surface area (Å²) >= 11 is 0. The van der Waals surface area contributed by atoms with Crippen molar-refractivity contribution in [3.8, 4) is 0 Å². The SMILES string of the molecule is Cc1ncnc(N2CCN(C(=O)c3cn(CCC4CCCCN4)nn3)CC2)c1C.Cl.Cl. The van der Waals surface area contributed by atoms with Gasteiger partial charge in [0.2, 0.25) is 0 Å². The highest BCUT2D eigenvalue weighted by Gasteiger charge is 2.25. The van der Waals surface area contributed by atoms with Crippen LogP contribution in [-0.4, -0.2) is 74.5 Å². The predicted molar refractivity (Wildman–Crippen MR) is 124 cm³/mol. The lowest BCUT2D eigenvalue weighted by atomic mass is 10.0. The number of anilines is 1. The first-order valence-electron chi connectivity index (χ1n) is 10.6. The molecule has 2 aliphatic rings. The third-order valence-electron chi connectivity index (χ3n) is 6.05. The zero-order chi connectivity index (χ0) is 20.2. The van der Waals surface area contributed by atoms with Crippen molar-refractivity contribution >= 4 is 36.5 Å². The van der Waals surface area contributed by atoms with Gasteiger partial charge in [-0.2, -0.15) is 0 Å². The summed E-state index contributed by atoms with van der Waals surface area (Å²) in [6, 6.07) is 0.550. The largest absolute Gasteiger partial charge is 0.353 e. The number of amides is 1. The van der Waals surface area contributed by atoms with E-state index in [0.29, 0.717) is 24.8 Å². The molecule has 0 aliphatic carbocycles. The number of nitrogens with one attached hydrogen (secondary N) is 1. The number of carbonyl (C=O) groups is 1. The number of carbonyl (C=O) groups excluding carboxylic acids is 1. The summed E-state index contributed by atoms with van der Waals surface area (Å²) in [6.07, 6.45) is 8.19. The molecule has 4 heterocycles. The van der Waals surface area contributed by atoms with E-state index in [1.807, 2.05) is 18.7 Å². The second kappa shape index (κ2) is 11.6. The molecule has 2 aliphatic heterocycles. The fourth-order valence-electron chi connectivity index (χ4n) is 4.09. The maximum Gasteiger partial charge on any atom is 0.276 e. The minimum Gasteiger partial charge on any atom is -0.353 e. The molecule has 4 rings (SSSR count). The zero-order valence-electron chi connectivity index (χ0n) is 18.2. The minimum absolute atomic E-state index is 0. The van der Waals surface area contributed by atoms with Crippen LogP contribution in [0.15, 0.2) is 12.5 Å².